The second-order valence-corrected chi connectivity index (χ2v) is 3.06. The van der Waals surface area contributed by atoms with Crippen LogP contribution in [-0.4, -0.2) is 17.7 Å². The number of rotatable bonds is 2. The highest BCUT2D eigenvalue weighted by Crippen LogP contribution is 2.18. The van der Waals surface area contributed by atoms with E-state index in [0.29, 0.717) is 17.9 Å². The molecule has 0 aliphatic carbocycles. The molecule has 16 heavy (non-hydrogen) atoms. The molecule has 1 aromatic rings. The molecule has 4 heteroatoms. The molecule has 3 N–H and O–H groups in total. The van der Waals surface area contributed by atoms with Gasteiger partial charge in [0.1, 0.15) is 12.2 Å². The van der Waals surface area contributed by atoms with Crippen LogP contribution in [0.3, 0.4) is 0 Å². The fraction of sp³-hybridized carbons (Fsp3) is 0.250. The standard InChI is InChI=1S/C12H13NO3/c1-2-16-12(15)5-3-4-9-8-10(13)6-7-11(9)14/h6-8,14H,2,5,13H2,1H3. The fourth-order valence-corrected chi connectivity index (χ4v) is 1.08. The molecule has 0 amide bonds. The van der Waals surface area contributed by atoms with Crippen molar-refractivity contribution in [1.82, 2.24) is 0 Å². The maximum Gasteiger partial charge on any atom is 0.317 e. The molecule has 0 heterocycles. The summed E-state index contributed by atoms with van der Waals surface area (Å²) in [6, 6.07) is 4.59. The lowest BCUT2D eigenvalue weighted by molar-refractivity contribution is -0.141. The van der Waals surface area contributed by atoms with E-state index in [9.17, 15) is 9.90 Å². The van der Waals surface area contributed by atoms with Crippen molar-refractivity contribution in [3.05, 3.63) is 23.8 Å². The van der Waals surface area contributed by atoms with E-state index in [4.69, 9.17) is 10.5 Å². The molecule has 0 saturated carbocycles. The molecule has 84 valence electrons. The number of aromatic hydroxyl groups is 1. The van der Waals surface area contributed by atoms with Crippen molar-refractivity contribution in [3.63, 3.8) is 0 Å². The van der Waals surface area contributed by atoms with E-state index < -0.39 is 0 Å². The Balaban J connectivity index is 2.69. The van der Waals surface area contributed by atoms with Crippen molar-refractivity contribution in [2.24, 2.45) is 0 Å². The van der Waals surface area contributed by atoms with Gasteiger partial charge >= 0.3 is 5.97 Å². The Labute approximate surface area is 94.0 Å². The van der Waals surface area contributed by atoms with Crippen LogP contribution in [0.25, 0.3) is 0 Å². The van der Waals surface area contributed by atoms with E-state index in [2.05, 4.69) is 11.8 Å². The predicted molar refractivity (Wildman–Crippen MR) is 60.6 cm³/mol. The van der Waals surface area contributed by atoms with Crippen LogP contribution in [-0.2, 0) is 9.53 Å². The largest absolute Gasteiger partial charge is 0.507 e. The van der Waals surface area contributed by atoms with Gasteiger partial charge in [-0.05, 0) is 25.1 Å². The number of phenols is 1. The summed E-state index contributed by atoms with van der Waals surface area (Å²) in [5.41, 5.74) is 6.46. The minimum atomic E-state index is -0.376. The topological polar surface area (TPSA) is 72.5 Å². The van der Waals surface area contributed by atoms with E-state index in [1.54, 1.807) is 19.1 Å². The van der Waals surface area contributed by atoms with Gasteiger partial charge < -0.3 is 15.6 Å². The number of carbonyl (C=O) groups excluding carboxylic acids is 1. The number of hydrogen-bond acceptors (Lipinski definition) is 4. The zero-order valence-electron chi connectivity index (χ0n) is 8.99. The average Bonchev–Trinajstić information content (AvgIpc) is 2.23. The van der Waals surface area contributed by atoms with Crippen molar-refractivity contribution < 1.29 is 14.6 Å². The monoisotopic (exact) mass is 219 g/mol. The van der Waals surface area contributed by atoms with Crippen LogP contribution in [0.15, 0.2) is 18.2 Å². The summed E-state index contributed by atoms with van der Waals surface area (Å²) in [5, 5.41) is 9.43. The van der Waals surface area contributed by atoms with Gasteiger partial charge in [-0.2, -0.15) is 0 Å². The first-order valence-corrected chi connectivity index (χ1v) is 4.86. The number of nitrogen functional groups attached to an aromatic ring is 1. The smallest absolute Gasteiger partial charge is 0.317 e. The zero-order chi connectivity index (χ0) is 12.0. The average molecular weight is 219 g/mol. The first-order valence-electron chi connectivity index (χ1n) is 4.86. The molecule has 0 radical (unpaired) electrons. The fourth-order valence-electron chi connectivity index (χ4n) is 1.08. The summed E-state index contributed by atoms with van der Waals surface area (Å²) in [7, 11) is 0. The number of benzene rings is 1. The molecule has 0 spiro atoms. The van der Waals surface area contributed by atoms with Crippen LogP contribution in [0, 0.1) is 11.8 Å². The van der Waals surface area contributed by atoms with Crippen molar-refractivity contribution in [1.29, 1.82) is 0 Å². The molecule has 0 aromatic heterocycles. The van der Waals surface area contributed by atoms with Crippen LogP contribution in [0.2, 0.25) is 0 Å². The summed E-state index contributed by atoms with van der Waals surface area (Å²) in [6.45, 7) is 2.07. The van der Waals surface area contributed by atoms with E-state index >= 15 is 0 Å². The summed E-state index contributed by atoms with van der Waals surface area (Å²) in [6.07, 6.45) is 0.00206. The Kier molecular flexibility index (Phi) is 4.22. The van der Waals surface area contributed by atoms with Gasteiger partial charge in [0, 0.05) is 5.69 Å². The van der Waals surface area contributed by atoms with Crippen LogP contribution >= 0.6 is 0 Å². The van der Waals surface area contributed by atoms with Gasteiger partial charge in [0.15, 0.2) is 0 Å². The number of ether oxygens (including phenoxy) is 1. The molecule has 0 fully saturated rings. The summed E-state index contributed by atoms with van der Waals surface area (Å²) >= 11 is 0. The van der Waals surface area contributed by atoms with Crippen molar-refractivity contribution in [3.8, 4) is 17.6 Å². The molecule has 0 bridgehead atoms. The first kappa shape index (κ1) is 11.9. The van der Waals surface area contributed by atoms with Crippen LogP contribution in [0.1, 0.15) is 18.9 Å². The summed E-state index contributed by atoms with van der Waals surface area (Å²) in [5.74, 6) is 4.95. The van der Waals surface area contributed by atoms with Crippen molar-refractivity contribution >= 4 is 11.7 Å². The van der Waals surface area contributed by atoms with Gasteiger partial charge in [-0.15, -0.1) is 0 Å². The van der Waals surface area contributed by atoms with Gasteiger partial charge in [-0.25, -0.2) is 0 Å². The second kappa shape index (κ2) is 5.66. The number of hydrogen-bond donors (Lipinski definition) is 2. The van der Waals surface area contributed by atoms with Crippen LogP contribution in [0.5, 0.6) is 5.75 Å². The Morgan fingerprint density at radius 2 is 2.31 bits per heavy atom. The molecule has 0 aliphatic rings. The third-order valence-corrected chi connectivity index (χ3v) is 1.78. The SMILES string of the molecule is CCOC(=O)CC#Cc1cc(N)ccc1O. The van der Waals surface area contributed by atoms with Crippen LogP contribution < -0.4 is 5.73 Å². The molecule has 1 rings (SSSR count). The number of nitrogens with two attached hydrogens (primary N) is 1. The second-order valence-electron chi connectivity index (χ2n) is 3.06. The zero-order valence-corrected chi connectivity index (χ0v) is 8.99. The highest BCUT2D eigenvalue weighted by molar-refractivity contribution is 5.72. The minimum Gasteiger partial charge on any atom is -0.507 e. The molecule has 0 unspecified atom stereocenters. The molecule has 1 aromatic carbocycles. The Morgan fingerprint density at radius 1 is 1.56 bits per heavy atom. The lowest BCUT2D eigenvalue weighted by Gasteiger charge is -1.98. The highest BCUT2D eigenvalue weighted by atomic mass is 16.5. The normalized spacial score (nSPS) is 9.06. The van der Waals surface area contributed by atoms with E-state index in [1.807, 2.05) is 0 Å². The number of esters is 1. The maximum absolute atomic E-state index is 11.0. The van der Waals surface area contributed by atoms with Gasteiger partial charge in [0.25, 0.3) is 0 Å². The predicted octanol–water partition coefficient (Wildman–Crippen LogP) is 1.28. The van der Waals surface area contributed by atoms with Gasteiger partial charge in [0.2, 0.25) is 0 Å². The molecule has 0 saturated heterocycles. The molecule has 0 atom stereocenters. The van der Waals surface area contributed by atoms with Crippen molar-refractivity contribution in [2.75, 3.05) is 12.3 Å². The van der Waals surface area contributed by atoms with E-state index in [-0.39, 0.29) is 18.1 Å². The number of phenolic OH excluding ortho intramolecular Hbond substituents is 1. The quantitative estimate of drug-likeness (QED) is 0.340. The van der Waals surface area contributed by atoms with E-state index in [0.717, 1.165) is 0 Å². The van der Waals surface area contributed by atoms with Crippen LogP contribution in [0.4, 0.5) is 5.69 Å². The Morgan fingerprint density at radius 3 is 3.00 bits per heavy atom. The molecular formula is C12H13NO3. The third kappa shape index (κ3) is 3.54. The molecule has 4 nitrogen and oxygen atoms in total. The summed E-state index contributed by atoms with van der Waals surface area (Å²) in [4.78, 5) is 11.0. The summed E-state index contributed by atoms with van der Waals surface area (Å²) < 4.78 is 4.71. The van der Waals surface area contributed by atoms with Crippen molar-refractivity contribution in [2.45, 2.75) is 13.3 Å². The lowest BCUT2D eigenvalue weighted by atomic mass is 10.2. The lowest BCUT2D eigenvalue weighted by Crippen LogP contribution is -2.01. The first-order chi connectivity index (χ1) is 7.63. The van der Waals surface area contributed by atoms with Gasteiger partial charge in [-0.1, -0.05) is 11.8 Å². The number of carbonyl (C=O) groups is 1. The Hall–Kier alpha value is -2.15. The minimum absolute atomic E-state index is 0.00206. The third-order valence-electron chi connectivity index (χ3n) is 1.78. The maximum atomic E-state index is 11.0. The Bertz CT molecular complexity index is 443. The van der Waals surface area contributed by atoms with Gasteiger partial charge in [-0.3, -0.25) is 4.79 Å². The van der Waals surface area contributed by atoms with E-state index in [1.165, 1.54) is 6.07 Å². The highest BCUT2D eigenvalue weighted by Gasteiger charge is 1.99. The van der Waals surface area contributed by atoms with Gasteiger partial charge in [0.05, 0.1) is 12.2 Å². The molecule has 0 aliphatic heterocycles. The molecular weight excluding hydrogens is 206 g/mol. The number of anilines is 1.